The van der Waals surface area contributed by atoms with Gasteiger partial charge in [0.1, 0.15) is 0 Å². The Morgan fingerprint density at radius 1 is 1.38 bits per heavy atom. The van der Waals surface area contributed by atoms with Crippen molar-refractivity contribution in [2.24, 2.45) is 0 Å². The third-order valence-electron chi connectivity index (χ3n) is 3.22. The molecule has 2 rings (SSSR count). The number of hydrogen-bond donors (Lipinski definition) is 0. The number of aromatic nitrogens is 2. The van der Waals surface area contributed by atoms with Crippen LogP contribution < -0.4 is 0 Å². The molecule has 0 fully saturated rings. The van der Waals surface area contributed by atoms with E-state index in [-0.39, 0.29) is 13.0 Å². The lowest BCUT2D eigenvalue weighted by molar-refractivity contribution is -0.143. The van der Waals surface area contributed by atoms with Crippen molar-refractivity contribution in [3.05, 3.63) is 29.4 Å². The fourth-order valence-corrected chi connectivity index (χ4v) is 2.29. The number of ether oxygens (including phenoxy) is 1. The minimum Gasteiger partial charge on any atom is -0.469 e. The Hall–Kier alpha value is -1.69. The molecular formula is C14H15ClF2N2O2. The first-order valence-electron chi connectivity index (χ1n) is 6.48. The van der Waals surface area contributed by atoms with Crippen molar-refractivity contribution in [3.63, 3.8) is 0 Å². The van der Waals surface area contributed by atoms with E-state index in [0.717, 1.165) is 5.39 Å². The Morgan fingerprint density at radius 3 is 2.81 bits per heavy atom. The zero-order valence-corrected chi connectivity index (χ0v) is 12.2. The lowest BCUT2D eigenvalue weighted by Crippen LogP contribution is -2.21. The summed E-state index contributed by atoms with van der Waals surface area (Å²) in [5, 5.41) is 5.09. The van der Waals surface area contributed by atoms with Crippen LogP contribution in [-0.4, -0.2) is 28.8 Å². The summed E-state index contributed by atoms with van der Waals surface area (Å²) in [6.07, 6.45) is -1.25. The number of alkyl halides is 2. The number of rotatable bonds is 6. The normalized spacial score (nSPS) is 11.8. The Bertz CT molecular complexity index is 643. The largest absolute Gasteiger partial charge is 0.469 e. The average molecular weight is 317 g/mol. The fraction of sp³-hybridized carbons (Fsp3) is 0.429. The first-order chi connectivity index (χ1) is 9.93. The maximum Gasteiger partial charge on any atom is 0.305 e. The first kappa shape index (κ1) is 15.7. The smallest absolute Gasteiger partial charge is 0.305 e. The van der Waals surface area contributed by atoms with Crippen LogP contribution in [0.3, 0.4) is 0 Å². The van der Waals surface area contributed by atoms with E-state index < -0.39 is 24.7 Å². The topological polar surface area (TPSA) is 44.1 Å². The van der Waals surface area contributed by atoms with E-state index in [1.807, 2.05) is 6.07 Å². The standard InChI is InChI=1S/C14H15ClF2N2O2/c1-21-12(20)6-7-14(16,17)8-9-19-11-5-3-2-4-10(11)13(15)18-19/h2-5H,6-9H2,1H3. The van der Waals surface area contributed by atoms with Gasteiger partial charge >= 0.3 is 5.97 Å². The summed E-state index contributed by atoms with van der Waals surface area (Å²) >= 11 is 5.97. The highest BCUT2D eigenvalue weighted by atomic mass is 35.5. The van der Waals surface area contributed by atoms with Gasteiger partial charge < -0.3 is 4.74 Å². The van der Waals surface area contributed by atoms with Gasteiger partial charge in [0.05, 0.1) is 19.0 Å². The van der Waals surface area contributed by atoms with E-state index in [2.05, 4.69) is 9.84 Å². The van der Waals surface area contributed by atoms with E-state index >= 15 is 0 Å². The van der Waals surface area contributed by atoms with Gasteiger partial charge in [-0.25, -0.2) is 8.78 Å². The van der Waals surface area contributed by atoms with Crippen molar-refractivity contribution in [3.8, 4) is 0 Å². The lowest BCUT2D eigenvalue weighted by Gasteiger charge is -2.15. The molecule has 1 aromatic heterocycles. The second-order valence-electron chi connectivity index (χ2n) is 4.71. The zero-order chi connectivity index (χ0) is 15.5. The van der Waals surface area contributed by atoms with Gasteiger partial charge in [0.25, 0.3) is 5.92 Å². The first-order valence-corrected chi connectivity index (χ1v) is 6.86. The van der Waals surface area contributed by atoms with Gasteiger partial charge in [-0.15, -0.1) is 0 Å². The Kier molecular flexibility index (Phi) is 4.77. The van der Waals surface area contributed by atoms with Crippen LogP contribution in [0.2, 0.25) is 5.15 Å². The predicted molar refractivity (Wildman–Crippen MR) is 75.6 cm³/mol. The van der Waals surface area contributed by atoms with Gasteiger partial charge in [-0.2, -0.15) is 5.10 Å². The van der Waals surface area contributed by atoms with Gasteiger partial charge in [-0.05, 0) is 12.1 Å². The number of halogens is 3. The van der Waals surface area contributed by atoms with Gasteiger partial charge in [0.15, 0.2) is 5.15 Å². The average Bonchev–Trinajstić information content (AvgIpc) is 2.80. The maximum absolute atomic E-state index is 13.7. The summed E-state index contributed by atoms with van der Waals surface area (Å²) < 4.78 is 33.3. The molecule has 7 heteroatoms. The summed E-state index contributed by atoms with van der Waals surface area (Å²) in [7, 11) is 1.18. The minimum absolute atomic E-state index is 0.0292. The second kappa shape index (κ2) is 6.39. The Morgan fingerprint density at radius 2 is 2.10 bits per heavy atom. The molecule has 0 atom stereocenters. The molecule has 0 N–H and O–H groups in total. The van der Waals surface area contributed by atoms with Gasteiger partial charge in [0, 0.05) is 24.8 Å². The number of benzene rings is 1. The van der Waals surface area contributed by atoms with Crippen LogP contribution in [0.15, 0.2) is 24.3 Å². The molecule has 0 unspecified atom stereocenters. The van der Waals surface area contributed by atoms with Crippen LogP contribution in [0, 0.1) is 0 Å². The molecule has 21 heavy (non-hydrogen) atoms. The molecule has 114 valence electrons. The summed E-state index contributed by atoms with van der Waals surface area (Å²) in [4.78, 5) is 10.9. The van der Waals surface area contributed by atoms with Crippen LogP contribution in [-0.2, 0) is 16.1 Å². The van der Waals surface area contributed by atoms with E-state index in [4.69, 9.17) is 11.6 Å². The van der Waals surface area contributed by atoms with E-state index in [9.17, 15) is 13.6 Å². The van der Waals surface area contributed by atoms with Crippen LogP contribution in [0.25, 0.3) is 10.9 Å². The number of para-hydroxylation sites is 1. The number of carbonyl (C=O) groups is 1. The quantitative estimate of drug-likeness (QED) is 0.764. The number of nitrogens with zero attached hydrogens (tertiary/aromatic N) is 2. The summed E-state index contributed by atoms with van der Waals surface area (Å²) in [5.41, 5.74) is 0.714. The van der Waals surface area contributed by atoms with E-state index in [0.29, 0.717) is 10.7 Å². The molecule has 1 heterocycles. The van der Waals surface area contributed by atoms with Crippen molar-refractivity contribution in [1.82, 2.24) is 9.78 Å². The van der Waals surface area contributed by atoms with E-state index in [1.165, 1.54) is 11.8 Å². The summed E-state index contributed by atoms with van der Waals surface area (Å²) in [6.45, 7) is 0.0292. The SMILES string of the molecule is COC(=O)CCC(F)(F)CCn1nc(Cl)c2ccccc21. The van der Waals surface area contributed by atoms with Crippen molar-refractivity contribution in [2.45, 2.75) is 31.7 Å². The molecule has 0 aliphatic rings. The highest BCUT2D eigenvalue weighted by molar-refractivity contribution is 6.34. The minimum atomic E-state index is -2.95. The number of aryl methyl sites for hydroxylation is 1. The number of carbonyl (C=O) groups excluding carboxylic acids is 1. The predicted octanol–water partition coefficient (Wildman–Crippen LogP) is 3.67. The molecule has 0 amide bonds. The molecule has 4 nitrogen and oxygen atoms in total. The molecule has 0 bridgehead atoms. The Labute approximate surface area is 125 Å². The maximum atomic E-state index is 13.7. The fourth-order valence-electron chi connectivity index (χ4n) is 2.04. The number of hydrogen-bond acceptors (Lipinski definition) is 3. The number of esters is 1. The molecule has 0 aliphatic heterocycles. The third-order valence-corrected chi connectivity index (χ3v) is 3.50. The van der Waals surface area contributed by atoms with Gasteiger partial charge in [-0.3, -0.25) is 9.48 Å². The van der Waals surface area contributed by atoms with Crippen molar-refractivity contribution < 1.29 is 18.3 Å². The Balaban J connectivity index is 2.02. The van der Waals surface area contributed by atoms with Gasteiger partial charge in [0.2, 0.25) is 0 Å². The van der Waals surface area contributed by atoms with Gasteiger partial charge in [-0.1, -0.05) is 23.7 Å². The third kappa shape index (κ3) is 3.91. The van der Waals surface area contributed by atoms with Crippen LogP contribution >= 0.6 is 11.6 Å². The number of methoxy groups -OCH3 is 1. The summed E-state index contributed by atoms with van der Waals surface area (Å²) in [6, 6.07) is 7.18. The molecule has 0 saturated heterocycles. The monoisotopic (exact) mass is 316 g/mol. The highest BCUT2D eigenvalue weighted by Gasteiger charge is 2.30. The molecular weight excluding hydrogens is 302 g/mol. The second-order valence-corrected chi connectivity index (χ2v) is 5.07. The molecule has 0 aliphatic carbocycles. The van der Waals surface area contributed by atoms with Crippen molar-refractivity contribution in [2.75, 3.05) is 7.11 Å². The molecule has 1 aromatic carbocycles. The van der Waals surface area contributed by atoms with Crippen molar-refractivity contribution >= 4 is 28.5 Å². The molecule has 0 radical (unpaired) electrons. The van der Waals surface area contributed by atoms with E-state index in [1.54, 1.807) is 18.2 Å². The van der Waals surface area contributed by atoms with Crippen LogP contribution in [0.4, 0.5) is 8.78 Å². The van der Waals surface area contributed by atoms with Crippen molar-refractivity contribution in [1.29, 1.82) is 0 Å². The molecule has 2 aromatic rings. The summed E-state index contributed by atoms with van der Waals surface area (Å²) in [5.74, 6) is -3.59. The number of fused-ring (bicyclic) bond motifs is 1. The van der Waals surface area contributed by atoms with Crippen LogP contribution in [0.1, 0.15) is 19.3 Å². The van der Waals surface area contributed by atoms with Crippen LogP contribution in [0.5, 0.6) is 0 Å². The lowest BCUT2D eigenvalue weighted by atomic mass is 10.1. The highest BCUT2D eigenvalue weighted by Crippen LogP contribution is 2.28. The zero-order valence-electron chi connectivity index (χ0n) is 11.5. The molecule has 0 saturated carbocycles. The molecule has 0 spiro atoms.